The Balaban J connectivity index is 2.82. The van der Waals surface area contributed by atoms with E-state index >= 15 is 0 Å². The first-order valence-corrected chi connectivity index (χ1v) is 6.76. The van der Waals surface area contributed by atoms with E-state index in [1.165, 1.54) is 18.2 Å². The van der Waals surface area contributed by atoms with Crippen molar-refractivity contribution in [2.24, 2.45) is 5.92 Å². The second kappa shape index (κ2) is 7.02. The minimum atomic E-state index is -1.15. The quantitative estimate of drug-likeness (QED) is 0.550. The van der Waals surface area contributed by atoms with Gasteiger partial charge in [0.05, 0.1) is 9.40 Å². The third-order valence-corrected chi connectivity index (χ3v) is 3.29. The second-order valence-corrected chi connectivity index (χ2v) is 5.44. The third kappa shape index (κ3) is 4.71. The summed E-state index contributed by atoms with van der Waals surface area (Å²) in [5, 5.41) is 24.4. The summed E-state index contributed by atoms with van der Waals surface area (Å²) >= 11 is 3.03. The summed E-state index contributed by atoms with van der Waals surface area (Å²) < 4.78 is 0.282. The zero-order valence-corrected chi connectivity index (χ0v) is 12.9. The number of benzene rings is 1. The third-order valence-electron chi connectivity index (χ3n) is 2.62. The van der Waals surface area contributed by atoms with Gasteiger partial charge in [0.25, 0.3) is 5.69 Å². The van der Waals surface area contributed by atoms with Gasteiger partial charge in [-0.2, -0.15) is 0 Å². The van der Waals surface area contributed by atoms with Crippen LogP contribution in [0.25, 0.3) is 0 Å². The molecule has 0 aromatic heterocycles. The van der Waals surface area contributed by atoms with Crippen LogP contribution in [0.3, 0.4) is 0 Å². The zero-order chi connectivity index (χ0) is 16.2. The van der Waals surface area contributed by atoms with Crippen LogP contribution in [-0.2, 0) is 4.79 Å². The molecule has 1 aromatic rings. The SMILES string of the molecule is CC(C)C(NC(=O)Nc1ccc(Br)c([N+](=O)[O-])c1)C(=O)O. The normalized spacial score (nSPS) is 11.8. The molecule has 0 aliphatic heterocycles. The first-order valence-electron chi connectivity index (χ1n) is 5.96. The molecule has 0 aliphatic rings. The highest BCUT2D eigenvalue weighted by Gasteiger charge is 2.23. The summed E-state index contributed by atoms with van der Waals surface area (Å²) in [4.78, 5) is 32.9. The molecule has 0 bridgehead atoms. The van der Waals surface area contributed by atoms with Crippen LogP contribution < -0.4 is 10.6 Å². The molecule has 2 amide bonds. The van der Waals surface area contributed by atoms with E-state index in [2.05, 4.69) is 26.6 Å². The molecule has 0 saturated carbocycles. The summed E-state index contributed by atoms with van der Waals surface area (Å²) in [6.07, 6.45) is 0. The maximum atomic E-state index is 11.7. The number of hydrogen-bond acceptors (Lipinski definition) is 4. The zero-order valence-electron chi connectivity index (χ0n) is 11.3. The Morgan fingerprint density at radius 1 is 1.38 bits per heavy atom. The number of anilines is 1. The average Bonchev–Trinajstić information content (AvgIpc) is 2.37. The van der Waals surface area contributed by atoms with Crippen molar-refractivity contribution in [3.63, 3.8) is 0 Å². The van der Waals surface area contributed by atoms with E-state index in [4.69, 9.17) is 5.11 Å². The van der Waals surface area contributed by atoms with Crippen LogP contribution in [0.15, 0.2) is 22.7 Å². The number of carboxylic acids is 1. The van der Waals surface area contributed by atoms with Crippen LogP contribution >= 0.6 is 15.9 Å². The van der Waals surface area contributed by atoms with Crippen molar-refractivity contribution in [2.45, 2.75) is 19.9 Å². The Bertz CT molecular complexity index is 576. The van der Waals surface area contributed by atoms with E-state index < -0.39 is 23.0 Å². The van der Waals surface area contributed by atoms with Crippen LogP contribution in [0.4, 0.5) is 16.2 Å². The molecule has 0 heterocycles. The predicted molar refractivity (Wildman–Crippen MR) is 79.2 cm³/mol. The van der Waals surface area contributed by atoms with Crippen molar-refractivity contribution in [1.82, 2.24) is 5.32 Å². The lowest BCUT2D eigenvalue weighted by Gasteiger charge is -2.18. The molecule has 1 rings (SSSR count). The lowest BCUT2D eigenvalue weighted by atomic mass is 10.1. The molecule has 114 valence electrons. The van der Waals surface area contributed by atoms with E-state index in [9.17, 15) is 19.7 Å². The van der Waals surface area contributed by atoms with Crippen LogP contribution in [0.2, 0.25) is 0 Å². The van der Waals surface area contributed by atoms with Crippen molar-refractivity contribution >= 4 is 39.3 Å². The Labute approximate surface area is 128 Å². The highest BCUT2D eigenvalue weighted by atomic mass is 79.9. The van der Waals surface area contributed by atoms with Gasteiger partial charge in [-0.3, -0.25) is 10.1 Å². The molecule has 0 fully saturated rings. The maximum Gasteiger partial charge on any atom is 0.326 e. The second-order valence-electron chi connectivity index (χ2n) is 4.58. The van der Waals surface area contributed by atoms with Gasteiger partial charge in [0, 0.05) is 11.8 Å². The van der Waals surface area contributed by atoms with Crippen molar-refractivity contribution < 1.29 is 19.6 Å². The summed E-state index contributed by atoms with van der Waals surface area (Å²) in [5.74, 6) is -1.45. The lowest BCUT2D eigenvalue weighted by Crippen LogP contribution is -2.46. The number of nitrogens with one attached hydrogen (secondary N) is 2. The number of carbonyl (C=O) groups is 2. The number of carbonyl (C=O) groups excluding carboxylic acids is 1. The van der Waals surface area contributed by atoms with E-state index in [1.54, 1.807) is 13.8 Å². The number of urea groups is 1. The van der Waals surface area contributed by atoms with Gasteiger partial charge in [0.15, 0.2) is 0 Å². The highest BCUT2D eigenvalue weighted by Crippen LogP contribution is 2.27. The fourth-order valence-electron chi connectivity index (χ4n) is 1.55. The monoisotopic (exact) mass is 359 g/mol. The molecular weight excluding hydrogens is 346 g/mol. The van der Waals surface area contributed by atoms with E-state index in [0.717, 1.165) is 0 Å². The van der Waals surface area contributed by atoms with E-state index in [1.807, 2.05) is 0 Å². The number of aliphatic carboxylic acids is 1. The molecule has 0 radical (unpaired) electrons. The Hall–Kier alpha value is -2.16. The molecule has 0 spiro atoms. The van der Waals surface area contributed by atoms with Crippen molar-refractivity contribution in [3.05, 3.63) is 32.8 Å². The van der Waals surface area contributed by atoms with Crippen LogP contribution in [0.5, 0.6) is 0 Å². The number of rotatable bonds is 5. The summed E-state index contributed by atoms with van der Waals surface area (Å²) in [5.41, 5.74) is -0.0123. The fourth-order valence-corrected chi connectivity index (χ4v) is 1.94. The molecule has 1 atom stereocenters. The topological polar surface area (TPSA) is 122 Å². The Morgan fingerprint density at radius 2 is 2.00 bits per heavy atom. The molecule has 1 unspecified atom stereocenters. The van der Waals surface area contributed by atoms with Crippen molar-refractivity contribution in [2.75, 3.05) is 5.32 Å². The predicted octanol–water partition coefficient (Wildman–Crippen LogP) is 2.59. The molecule has 0 aliphatic carbocycles. The van der Waals surface area contributed by atoms with Crippen LogP contribution in [0.1, 0.15) is 13.8 Å². The highest BCUT2D eigenvalue weighted by molar-refractivity contribution is 9.10. The van der Waals surface area contributed by atoms with Gasteiger partial charge in [-0.25, -0.2) is 9.59 Å². The maximum absolute atomic E-state index is 11.7. The molecule has 9 heteroatoms. The van der Waals surface area contributed by atoms with Gasteiger partial charge in [-0.15, -0.1) is 0 Å². The average molecular weight is 360 g/mol. The standard InChI is InChI=1S/C12H14BrN3O5/c1-6(2)10(11(17)18)15-12(19)14-7-3-4-8(13)9(5-7)16(20)21/h3-6,10H,1-2H3,(H,17,18)(H2,14,15,19). The minimum absolute atomic E-state index is 0.190. The van der Waals surface area contributed by atoms with Gasteiger partial charge in [0.1, 0.15) is 6.04 Å². The number of hydrogen-bond donors (Lipinski definition) is 3. The number of nitrogens with zero attached hydrogens (tertiary/aromatic N) is 1. The summed E-state index contributed by atoms with van der Waals surface area (Å²) in [6, 6.07) is 2.27. The largest absolute Gasteiger partial charge is 0.480 e. The lowest BCUT2D eigenvalue weighted by molar-refractivity contribution is -0.385. The number of nitro groups is 1. The first kappa shape index (κ1) is 16.9. The molecule has 1 aromatic carbocycles. The molecular formula is C12H14BrN3O5. The van der Waals surface area contributed by atoms with Gasteiger partial charge < -0.3 is 15.7 Å². The van der Waals surface area contributed by atoms with Crippen molar-refractivity contribution in [1.29, 1.82) is 0 Å². The van der Waals surface area contributed by atoms with Crippen LogP contribution in [-0.4, -0.2) is 28.1 Å². The number of halogens is 1. The van der Waals surface area contributed by atoms with Gasteiger partial charge in [-0.1, -0.05) is 13.8 Å². The van der Waals surface area contributed by atoms with Gasteiger partial charge in [0.2, 0.25) is 0 Å². The summed E-state index contributed by atoms with van der Waals surface area (Å²) in [6.45, 7) is 3.31. The Morgan fingerprint density at radius 3 is 2.48 bits per heavy atom. The Kier molecular flexibility index (Phi) is 5.65. The number of nitro benzene ring substituents is 1. The number of amides is 2. The van der Waals surface area contributed by atoms with Gasteiger partial charge >= 0.3 is 12.0 Å². The summed E-state index contributed by atoms with van der Waals surface area (Å²) in [7, 11) is 0. The van der Waals surface area contributed by atoms with E-state index in [0.29, 0.717) is 0 Å². The molecule has 21 heavy (non-hydrogen) atoms. The minimum Gasteiger partial charge on any atom is -0.480 e. The van der Waals surface area contributed by atoms with Crippen LogP contribution in [0, 0.1) is 16.0 Å². The van der Waals surface area contributed by atoms with E-state index in [-0.39, 0.29) is 21.8 Å². The van der Waals surface area contributed by atoms with Crippen molar-refractivity contribution in [3.8, 4) is 0 Å². The molecule has 0 saturated heterocycles. The molecule has 3 N–H and O–H groups in total. The fraction of sp³-hybridized carbons (Fsp3) is 0.333. The van der Waals surface area contributed by atoms with Gasteiger partial charge in [-0.05, 0) is 34.0 Å². The molecule has 8 nitrogen and oxygen atoms in total. The first-order chi connectivity index (χ1) is 9.72. The smallest absolute Gasteiger partial charge is 0.326 e. The number of carboxylic acid groups (broad SMARTS) is 1.